The van der Waals surface area contributed by atoms with Gasteiger partial charge in [-0.3, -0.25) is 0 Å². The first-order chi connectivity index (χ1) is 9.20. The SMILES string of the molecule is CC(C)CCCC(C)Nc1ccc(C(F)(F)F)cc1Br. The van der Waals surface area contributed by atoms with Gasteiger partial charge >= 0.3 is 6.18 Å². The zero-order chi connectivity index (χ0) is 15.3. The Morgan fingerprint density at radius 3 is 2.30 bits per heavy atom. The number of hydrogen-bond acceptors (Lipinski definition) is 1. The molecule has 1 unspecified atom stereocenters. The lowest BCUT2D eigenvalue weighted by atomic mass is 10.0. The third-order valence-electron chi connectivity index (χ3n) is 3.12. The molecule has 0 saturated heterocycles. The average Bonchev–Trinajstić information content (AvgIpc) is 2.29. The summed E-state index contributed by atoms with van der Waals surface area (Å²) in [5, 5.41) is 3.25. The molecule has 0 spiro atoms. The third-order valence-corrected chi connectivity index (χ3v) is 3.77. The highest BCUT2D eigenvalue weighted by Crippen LogP contribution is 2.34. The first kappa shape index (κ1) is 17.3. The predicted molar refractivity (Wildman–Crippen MR) is 80.9 cm³/mol. The maximum Gasteiger partial charge on any atom is 0.416 e. The smallest absolute Gasteiger partial charge is 0.382 e. The maximum atomic E-state index is 12.6. The van der Waals surface area contributed by atoms with Crippen LogP contribution in [0.5, 0.6) is 0 Å². The van der Waals surface area contributed by atoms with Crippen LogP contribution in [0.15, 0.2) is 22.7 Å². The largest absolute Gasteiger partial charge is 0.416 e. The summed E-state index contributed by atoms with van der Waals surface area (Å²) >= 11 is 3.20. The van der Waals surface area contributed by atoms with Gasteiger partial charge in [0.15, 0.2) is 0 Å². The molecule has 5 heteroatoms. The van der Waals surface area contributed by atoms with Crippen LogP contribution in [0, 0.1) is 5.92 Å². The summed E-state index contributed by atoms with van der Waals surface area (Å²) in [6.45, 7) is 6.42. The molecule has 1 aromatic rings. The Balaban J connectivity index is 2.60. The summed E-state index contributed by atoms with van der Waals surface area (Å²) < 4.78 is 38.1. The van der Waals surface area contributed by atoms with Crippen molar-refractivity contribution in [2.24, 2.45) is 5.92 Å². The molecule has 20 heavy (non-hydrogen) atoms. The fraction of sp³-hybridized carbons (Fsp3) is 0.600. The molecule has 0 saturated carbocycles. The van der Waals surface area contributed by atoms with Gasteiger partial charge in [0.1, 0.15) is 0 Å². The molecule has 0 heterocycles. The Hall–Kier alpha value is -0.710. The zero-order valence-corrected chi connectivity index (χ0v) is 13.6. The minimum atomic E-state index is -4.30. The quantitative estimate of drug-likeness (QED) is 0.653. The van der Waals surface area contributed by atoms with Crippen LogP contribution in [0.1, 0.15) is 45.6 Å². The highest BCUT2D eigenvalue weighted by atomic mass is 79.9. The molecule has 0 bridgehead atoms. The van der Waals surface area contributed by atoms with Crippen LogP contribution in [0.2, 0.25) is 0 Å². The van der Waals surface area contributed by atoms with Gasteiger partial charge in [0, 0.05) is 16.2 Å². The van der Waals surface area contributed by atoms with Crippen molar-refractivity contribution >= 4 is 21.6 Å². The second kappa shape index (κ2) is 7.34. The normalized spacial score (nSPS) is 13.6. The van der Waals surface area contributed by atoms with E-state index in [0.717, 1.165) is 25.0 Å². The maximum absolute atomic E-state index is 12.6. The van der Waals surface area contributed by atoms with Gasteiger partial charge in [-0.1, -0.05) is 26.7 Å². The van der Waals surface area contributed by atoms with E-state index in [1.807, 2.05) is 6.92 Å². The van der Waals surface area contributed by atoms with Crippen molar-refractivity contribution in [2.45, 2.75) is 52.3 Å². The van der Waals surface area contributed by atoms with Crippen LogP contribution in [0.25, 0.3) is 0 Å². The molecule has 1 rings (SSSR count). The minimum absolute atomic E-state index is 0.238. The molecule has 1 aromatic carbocycles. The second-order valence-corrected chi connectivity index (χ2v) is 6.42. The Kier molecular flexibility index (Phi) is 6.37. The average molecular weight is 352 g/mol. The van der Waals surface area contributed by atoms with Gasteiger partial charge in [-0.15, -0.1) is 0 Å². The number of halogens is 4. The van der Waals surface area contributed by atoms with E-state index < -0.39 is 11.7 Å². The zero-order valence-electron chi connectivity index (χ0n) is 12.0. The highest BCUT2D eigenvalue weighted by molar-refractivity contribution is 9.10. The van der Waals surface area contributed by atoms with Crippen LogP contribution in [-0.2, 0) is 6.18 Å². The Morgan fingerprint density at radius 1 is 1.15 bits per heavy atom. The van der Waals surface area contributed by atoms with E-state index in [-0.39, 0.29) is 6.04 Å². The minimum Gasteiger partial charge on any atom is -0.382 e. The van der Waals surface area contributed by atoms with Gasteiger partial charge in [-0.05, 0) is 53.4 Å². The van der Waals surface area contributed by atoms with Crippen molar-refractivity contribution in [3.8, 4) is 0 Å². The standard InChI is InChI=1S/C15H21BrF3N/c1-10(2)5-4-6-11(3)20-14-8-7-12(9-13(14)16)15(17,18)19/h7-11,20H,4-6H2,1-3H3. The lowest BCUT2D eigenvalue weighted by Gasteiger charge is -2.18. The van der Waals surface area contributed by atoms with Gasteiger partial charge in [0.2, 0.25) is 0 Å². The molecule has 1 N–H and O–H groups in total. The molecule has 0 radical (unpaired) electrons. The molecule has 0 aliphatic heterocycles. The molecule has 1 atom stereocenters. The van der Waals surface area contributed by atoms with Crippen molar-refractivity contribution in [3.05, 3.63) is 28.2 Å². The number of alkyl halides is 3. The first-order valence-corrected chi connectivity index (χ1v) is 7.62. The van der Waals surface area contributed by atoms with E-state index >= 15 is 0 Å². The monoisotopic (exact) mass is 351 g/mol. The van der Waals surface area contributed by atoms with E-state index in [1.54, 1.807) is 0 Å². The van der Waals surface area contributed by atoms with E-state index in [0.29, 0.717) is 16.1 Å². The number of anilines is 1. The van der Waals surface area contributed by atoms with Crippen molar-refractivity contribution < 1.29 is 13.2 Å². The van der Waals surface area contributed by atoms with Crippen LogP contribution in [0.3, 0.4) is 0 Å². The summed E-state index contributed by atoms with van der Waals surface area (Å²) in [6.07, 6.45) is -1.01. The van der Waals surface area contributed by atoms with Crippen LogP contribution >= 0.6 is 15.9 Å². The van der Waals surface area contributed by atoms with E-state index in [4.69, 9.17) is 0 Å². The molecule has 1 nitrogen and oxygen atoms in total. The molecule has 0 aliphatic rings. The van der Waals surface area contributed by atoms with Crippen molar-refractivity contribution in [3.63, 3.8) is 0 Å². The molecule has 0 aliphatic carbocycles. The van der Waals surface area contributed by atoms with Crippen molar-refractivity contribution in [1.82, 2.24) is 0 Å². The van der Waals surface area contributed by atoms with E-state index in [1.165, 1.54) is 12.5 Å². The molecular weight excluding hydrogens is 331 g/mol. The summed E-state index contributed by atoms with van der Waals surface area (Å²) in [5.41, 5.74) is 0.0671. The highest BCUT2D eigenvalue weighted by Gasteiger charge is 2.30. The summed E-state index contributed by atoms with van der Waals surface area (Å²) in [4.78, 5) is 0. The van der Waals surface area contributed by atoms with Crippen molar-refractivity contribution in [1.29, 1.82) is 0 Å². The van der Waals surface area contributed by atoms with Gasteiger partial charge < -0.3 is 5.32 Å². The lowest BCUT2D eigenvalue weighted by Crippen LogP contribution is -2.16. The van der Waals surface area contributed by atoms with E-state index in [9.17, 15) is 13.2 Å². The fourth-order valence-electron chi connectivity index (χ4n) is 1.98. The molecule has 114 valence electrons. The van der Waals surface area contributed by atoms with Gasteiger partial charge in [-0.25, -0.2) is 0 Å². The van der Waals surface area contributed by atoms with Crippen LogP contribution in [0.4, 0.5) is 18.9 Å². The Bertz CT molecular complexity index is 430. The van der Waals surface area contributed by atoms with E-state index in [2.05, 4.69) is 35.1 Å². The fourth-order valence-corrected chi connectivity index (χ4v) is 2.47. The number of rotatable bonds is 6. The molecule has 0 aromatic heterocycles. The van der Waals surface area contributed by atoms with Gasteiger partial charge in [0.05, 0.1) is 5.56 Å². The van der Waals surface area contributed by atoms with Gasteiger partial charge in [-0.2, -0.15) is 13.2 Å². The molecule has 0 amide bonds. The summed E-state index contributed by atoms with van der Waals surface area (Å²) in [6, 6.07) is 3.94. The number of benzene rings is 1. The molecular formula is C15H21BrF3N. The van der Waals surface area contributed by atoms with Crippen LogP contribution < -0.4 is 5.32 Å². The topological polar surface area (TPSA) is 12.0 Å². The number of nitrogens with one attached hydrogen (secondary N) is 1. The predicted octanol–water partition coefficient (Wildman–Crippen LogP) is 6.09. The Morgan fingerprint density at radius 2 is 1.80 bits per heavy atom. The lowest BCUT2D eigenvalue weighted by molar-refractivity contribution is -0.137. The second-order valence-electron chi connectivity index (χ2n) is 5.56. The Labute approximate surface area is 127 Å². The summed E-state index contributed by atoms with van der Waals surface area (Å²) in [5.74, 6) is 0.681. The third kappa shape index (κ3) is 5.73. The first-order valence-electron chi connectivity index (χ1n) is 6.83. The van der Waals surface area contributed by atoms with Crippen LogP contribution in [-0.4, -0.2) is 6.04 Å². The summed E-state index contributed by atoms with van der Waals surface area (Å²) in [7, 11) is 0. The number of hydrogen-bond donors (Lipinski definition) is 1. The van der Waals surface area contributed by atoms with Crippen molar-refractivity contribution in [2.75, 3.05) is 5.32 Å². The molecule has 0 fully saturated rings. The van der Waals surface area contributed by atoms with Gasteiger partial charge in [0.25, 0.3) is 0 Å².